The van der Waals surface area contributed by atoms with Crippen LogP contribution in [0.2, 0.25) is 5.28 Å². The highest BCUT2D eigenvalue weighted by molar-refractivity contribution is 6.28. The number of nitrogens with one attached hydrogen (secondary N) is 1. The summed E-state index contributed by atoms with van der Waals surface area (Å²) in [5, 5.41) is 18.8. The molecule has 3 rings (SSSR count). The highest BCUT2D eigenvalue weighted by Crippen LogP contribution is 2.29. The Labute approximate surface area is 111 Å². The van der Waals surface area contributed by atoms with E-state index in [2.05, 4.69) is 15.0 Å². The van der Waals surface area contributed by atoms with Gasteiger partial charge in [-0.3, -0.25) is 0 Å². The maximum Gasteiger partial charge on any atom is 0.329 e. The quantitative estimate of drug-likeness (QED) is 0.636. The molecular formula is C10H11ClN4O4. The molecule has 0 unspecified atom stereocenters. The van der Waals surface area contributed by atoms with Crippen molar-refractivity contribution in [2.24, 2.45) is 0 Å². The third kappa shape index (κ3) is 2.02. The first-order valence-electron chi connectivity index (χ1n) is 5.67. The fraction of sp³-hybridized carbons (Fsp3) is 0.500. The first kappa shape index (κ1) is 12.5. The molecule has 3 atom stereocenters. The number of aromatic amines is 1. The second kappa shape index (κ2) is 4.57. The molecule has 0 aromatic carbocycles. The molecule has 19 heavy (non-hydrogen) atoms. The number of halogens is 1. The number of aliphatic hydroxyl groups is 2. The summed E-state index contributed by atoms with van der Waals surface area (Å²) in [7, 11) is 0. The first-order chi connectivity index (χ1) is 9.10. The molecule has 0 aliphatic carbocycles. The van der Waals surface area contributed by atoms with Gasteiger partial charge in [0, 0.05) is 6.42 Å². The summed E-state index contributed by atoms with van der Waals surface area (Å²) in [4.78, 5) is 22.2. The molecule has 3 N–H and O–H groups in total. The van der Waals surface area contributed by atoms with Gasteiger partial charge in [0.15, 0.2) is 5.65 Å². The van der Waals surface area contributed by atoms with Crippen LogP contribution in [0.1, 0.15) is 12.6 Å². The fourth-order valence-electron chi connectivity index (χ4n) is 2.20. The van der Waals surface area contributed by atoms with Gasteiger partial charge in [-0.05, 0) is 11.6 Å². The summed E-state index contributed by atoms with van der Waals surface area (Å²) in [5.41, 5.74) is 0.308. The molecule has 1 fully saturated rings. The molecule has 9 heteroatoms. The summed E-state index contributed by atoms with van der Waals surface area (Å²) in [6.07, 6.45) is -0.639. The van der Waals surface area contributed by atoms with Crippen LogP contribution >= 0.6 is 11.6 Å². The lowest BCUT2D eigenvalue weighted by atomic mass is 10.2. The minimum absolute atomic E-state index is 0.0116. The van der Waals surface area contributed by atoms with Gasteiger partial charge >= 0.3 is 5.69 Å². The summed E-state index contributed by atoms with van der Waals surface area (Å²) < 4.78 is 6.70. The topological polar surface area (TPSA) is 113 Å². The zero-order chi connectivity index (χ0) is 13.6. The maximum absolute atomic E-state index is 11.9. The smallest absolute Gasteiger partial charge is 0.329 e. The van der Waals surface area contributed by atoms with Crippen LogP contribution in [0.25, 0.3) is 11.2 Å². The highest BCUT2D eigenvalue weighted by atomic mass is 35.5. The van der Waals surface area contributed by atoms with E-state index in [1.54, 1.807) is 0 Å². The van der Waals surface area contributed by atoms with Gasteiger partial charge in [-0.2, -0.15) is 4.98 Å². The molecule has 0 radical (unpaired) electrons. The Kier molecular flexibility index (Phi) is 3.02. The molecule has 1 aliphatic heterocycles. The van der Waals surface area contributed by atoms with Gasteiger partial charge in [0.25, 0.3) is 0 Å². The monoisotopic (exact) mass is 286 g/mol. The van der Waals surface area contributed by atoms with E-state index in [9.17, 15) is 9.90 Å². The van der Waals surface area contributed by atoms with Gasteiger partial charge < -0.3 is 19.9 Å². The van der Waals surface area contributed by atoms with Gasteiger partial charge in [-0.25, -0.2) is 14.3 Å². The minimum atomic E-state index is -0.829. The van der Waals surface area contributed by atoms with Crippen molar-refractivity contribution in [2.45, 2.75) is 24.9 Å². The number of rotatable bonds is 2. The van der Waals surface area contributed by atoms with E-state index < -0.39 is 24.1 Å². The molecule has 2 aromatic rings. The molecule has 1 saturated heterocycles. The van der Waals surface area contributed by atoms with Gasteiger partial charge in [-0.15, -0.1) is 0 Å². The number of hydrogen-bond donors (Lipinski definition) is 3. The van der Waals surface area contributed by atoms with E-state index in [1.165, 1.54) is 10.8 Å². The molecule has 0 saturated carbocycles. The Morgan fingerprint density at radius 1 is 1.63 bits per heavy atom. The lowest BCUT2D eigenvalue weighted by molar-refractivity contribution is -0.0441. The first-order valence-corrected chi connectivity index (χ1v) is 6.05. The van der Waals surface area contributed by atoms with E-state index in [-0.39, 0.29) is 18.3 Å². The van der Waals surface area contributed by atoms with Crippen molar-refractivity contribution in [3.63, 3.8) is 0 Å². The maximum atomic E-state index is 11.9. The number of aromatic nitrogens is 4. The van der Waals surface area contributed by atoms with E-state index in [1.807, 2.05) is 0 Å². The molecule has 1 aliphatic rings. The molecule has 0 spiro atoms. The molecule has 3 heterocycles. The number of imidazole rings is 1. The predicted molar refractivity (Wildman–Crippen MR) is 64.8 cm³/mol. The number of hydrogen-bond acceptors (Lipinski definition) is 6. The normalized spacial score (nSPS) is 27.2. The lowest BCUT2D eigenvalue weighted by Crippen LogP contribution is -2.25. The van der Waals surface area contributed by atoms with Crippen molar-refractivity contribution < 1.29 is 14.9 Å². The zero-order valence-electron chi connectivity index (χ0n) is 9.65. The minimum Gasteiger partial charge on any atom is -0.394 e. The number of fused-ring (bicyclic) bond motifs is 1. The van der Waals surface area contributed by atoms with Crippen molar-refractivity contribution in [2.75, 3.05) is 6.61 Å². The predicted octanol–water partition coefficient (Wildman–Crippen LogP) is -0.586. The van der Waals surface area contributed by atoms with Crippen LogP contribution in [0, 0.1) is 0 Å². The second-order valence-corrected chi connectivity index (χ2v) is 4.63. The van der Waals surface area contributed by atoms with Crippen molar-refractivity contribution in [3.8, 4) is 0 Å². The molecule has 8 nitrogen and oxygen atoms in total. The third-order valence-electron chi connectivity index (χ3n) is 3.10. The fourth-order valence-corrected chi connectivity index (χ4v) is 2.33. The van der Waals surface area contributed by atoms with Gasteiger partial charge in [0.2, 0.25) is 5.28 Å². The zero-order valence-corrected chi connectivity index (χ0v) is 10.4. The van der Waals surface area contributed by atoms with Crippen LogP contribution in [0.5, 0.6) is 0 Å². The second-order valence-electron chi connectivity index (χ2n) is 4.29. The average molecular weight is 287 g/mol. The average Bonchev–Trinajstić information content (AvgIpc) is 2.88. The summed E-state index contributed by atoms with van der Waals surface area (Å²) in [6.45, 7) is -0.315. The Morgan fingerprint density at radius 2 is 2.42 bits per heavy atom. The van der Waals surface area contributed by atoms with Crippen LogP contribution in [-0.4, -0.2) is 48.5 Å². The molecule has 2 aromatic heterocycles. The highest BCUT2D eigenvalue weighted by Gasteiger charge is 2.36. The Morgan fingerprint density at radius 3 is 3.11 bits per heavy atom. The van der Waals surface area contributed by atoms with Crippen LogP contribution in [-0.2, 0) is 4.74 Å². The molecule has 102 valence electrons. The van der Waals surface area contributed by atoms with Crippen LogP contribution in [0.15, 0.2) is 11.0 Å². The van der Waals surface area contributed by atoms with E-state index >= 15 is 0 Å². The standard InChI is InChI=1S/C10H11ClN4O4/c11-9-12-2-4-8(14-9)15(10(18)13-4)7-1-5(17)6(3-16)19-7/h2,5-7,16-17H,1,3H2,(H,13,18)/t5-,6+,7-/m1/s1. The van der Waals surface area contributed by atoms with Crippen molar-refractivity contribution in [3.05, 3.63) is 22.0 Å². The summed E-state index contributed by atoms with van der Waals surface area (Å²) in [6, 6.07) is 0. The summed E-state index contributed by atoms with van der Waals surface area (Å²) >= 11 is 5.71. The SMILES string of the molecule is O=c1[nH]c2cnc(Cl)nc2n1[C@H]1C[C@@H](O)[C@H](CO)O1. The summed E-state index contributed by atoms with van der Waals surface area (Å²) in [5.74, 6) is 0. The van der Waals surface area contributed by atoms with E-state index in [4.69, 9.17) is 21.4 Å². The van der Waals surface area contributed by atoms with Gasteiger partial charge in [0.05, 0.1) is 18.9 Å². The van der Waals surface area contributed by atoms with Crippen molar-refractivity contribution in [1.29, 1.82) is 0 Å². The third-order valence-corrected chi connectivity index (χ3v) is 3.28. The number of ether oxygens (including phenoxy) is 1. The van der Waals surface area contributed by atoms with E-state index in [0.717, 1.165) is 0 Å². The largest absolute Gasteiger partial charge is 0.394 e. The molecule has 0 bridgehead atoms. The number of aliphatic hydroxyl groups excluding tert-OH is 2. The lowest BCUT2D eigenvalue weighted by Gasteiger charge is -2.12. The van der Waals surface area contributed by atoms with Crippen LogP contribution in [0.4, 0.5) is 0 Å². The number of nitrogens with zero attached hydrogens (tertiary/aromatic N) is 3. The number of H-pyrrole nitrogens is 1. The van der Waals surface area contributed by atoms with Crippen molar-refractivity contribution in [1.82, 2.24) is 19.5 Å². The van der Waals surface area contributed by atoms with Gasteiger partial charge in [0.1, 0.15) is 17.8 Å². The molecular weight excluding hydrogens is 276 g/mol. The Hall–Kier alpha value is -1.48. The molecule has 0 amide bonds. The Balaban J connectivity index is 2.08. The van der Waals surface area contributed by atoms with Crippen LogP contribution in [0.3, 0.4) is 0 Å². The van der Waals surface area contributed by atoms with E-state index in [0.29, 0.717) is 11.2 Å². The van der Waals surface area contributed by atoms with Crippen molar-refractivity contribution >= 4 is 22.8 Å². The van der Waals surface area contributed by atoms with Gasteiger partial charge in [-0.1, -0.05) is 0 Å². The Bertz CT molecular complexity index is 669. The van der Waals surface area contributed by atoms with Crippen LogP contribution < -0.4 is 5.69 Å².